The van der Waals surface area contributed by atoms with Crippen molar-refractivity contribution < 1.29 is 28.6 Å². The summed E-state index contributed by atoms with van der Waals surface area (Å²) in [5.74, 6) is -0.446. The van der Waals surface area contributed by atoms with Crippen LogP contribution < -0.4 is 0 Å². The fourth-order valence-electron chi connectivity index (χ4n) is 4.53. The summed E-state index contributed by atoms with van der Waals surface area (Å²) in [5, 5.41) is 0. The van der Waals surface area contributed by atoms with Gasteiger partial charge in [0.15, 0.2) is 0 Å². The molecule has 0 aromatic carbocycles. The number of hydrogen-bond donors (Lipinski definition) is 0. The summed E-state index contributed by atoms with van der Waals surface area (Å²) in [7, 11) is 0. The van der Waals surface area contributed by atoms with Crippen LogP contribution in [0.15, 0.2) is 0 Å². The van der Waals surface area contributed by atoms with Gasteiger partial charge in [0.1, 0.15) is 17.8 Å². The summed E-state index contributed by atoms with van der Waals surface area (Å²) in [4.78, 5) is 36.5. The molecule has 1 aliphatic rings. The third kappa shape index (κ3) is 9.20. The van der Waals surface area contributed by atoms with Crippen molar-refractivity contribution in [3.63, 3.8) is 0 Å². The second-order valence-electron chi connectivity index (χ2n) is 8.82. The molecule has 1 aliphatic carbocycles. The Morgan fingerprint density at radius 1 is 0.839 bits per heavy atom. The molecular formula is C25H44O6. The van der Waals surface area contributed by atoms with Crippen molar-refractivity contribution in [2.45, 2.75) is 136 Å². The number of carbonyl (C=O) groups excluding carboxylic acids is 3. The maximum atomic E-state index is 12.4. The molecule has 1 fully saturated rings. The van der Waals surface area contributed by atoms with Gasteiger partial charge >= 0.3 is 17.9 Å². The van der Waals surface area contributed by atoms with Crippen LogP contribution in [-0.2, 0) is 28.6 Å². The number of hydrogen-bond acceptors (Lipinski definition) is 6. The molecule has 0 heterocycles. The summed E-state index contributed by atoms with van der Waals surface area (Å²) in [6.07, 6.45) is 8.82. The van der Waals surface area contributed by atoms with E-state index >= 15 is 0 Å². The minimum absolute atomic E-state index is 0.253. The molecule has 180 valence electrons. The normalized spacial score (nSPS) is 24.3. The van der Waals surface area contributed by atoms with E-state index in [0.717, 1.165) is 32.1 Å². The molecule has 31 heavy (non-hydrogen) atoms. The van der Waals surface area contributed by atoms with Crippen LogP contribution in [0, 0.1) is 5.92 Å². The monoisotopic (exact) mass is 440 g/mol. The highest BCUT2D eigenvalue weighted by molar-refractivity contribution is 5.71. The fraction of sp³-hybridized carbons (Fsp3) is 0.880. The molecule has 4 atom stereocenters. The molecule has 0 amide bonds. The van der Waals surface area contributed by atoms with Crippen LogP contribution in [0.3, 0.4) is 0 Å². The Balaban J connectivity index is 3.17. The molecule has 6 nitrogen and oxygen atoms in total. The minimum Gasteiger partial charge on any atom is -0.462 e. The van der Waals surface area contributed by atoms with Gasteiger partial charge in [-0.1, -0.05) is 73.1 Å². The molecule has 1 saturated carbocycles. The Morgan fingerprint density at radius 2 is 1.48 bits per heavy atom. The first kappa shape index (κ1) is 27.4. The van der Waals surface area contributed by atoms with Crippen LogP contribution in [0.25, 0.3) is 0 Å². The van der Waals surface area contributed by atoms with Gasteiger partial charge in [-0.2, -0.15) is 0 Å². The first-order valence-electron chi connectivity index (χ1n) is 12.4. The van der Waals surface area contributed by atoms with E-state index in [4.69, 9.17) is 14.2 Å². The SMILES string of the molecule is CCCCCC(CCC)CC1(OC(=O)CC)CCC(OC(=O)CC)CC1OC(=O)CC. The van der Waals surface area contributed by atoms with E-state index in [0.29, 0.717) is 38.0 Å². The van der Waals surface area contributed by atoms with E-state index in [1.54, 1.807) is 20.8 Å². The van der Waals surface area contributed by atoms with Crippen molar-refractivity contribution in [3.05, 3.63) is 0 Å². The van der Waals surface area contributed by atoms with Gasteiger partial charge in [-0.25, -0.2) is 0 Å². The van der Waals surface area contributed by atoms with Crippen molar-refractivity contribution in [1.82, 2.24) is 0 Å². The van der Waals surface area contributed by atoms with E-state index < -0.39 is 11.7 Å². The Bertz CT molecular complexity index is 560. The number of carbonyl (C=O) groups is 3. The number of esters is 3. The van der Waals surface area contributed by atoms with Crippen molar-refractivity contribution in [2.75, 3.05) is 0 Å². The molecule has 0 N–H and O–H groups in total. The second-order valence-corrected chi connectivity index (χ2v) is 8.82. The number of ether oxygens (including phenoxy) is 3. The standard InChI is InChI=1S/C25H44O6/c1-6-11-12-14-19(13-7-2)18-25(31-24(28)10-5)16-15-20(29-22(26)8-3)17-21(25)30-23(27)9-4/h19-21H,6-18H2,1-5H3. The average molecular weight is 441 g/mol. The largest absolute Gasteiger partial charge is 0.462 e. The highest BCUT2D eigenvalue weighted by Crippen LogP contribution is 2.42. The van der Waals surface area contributed by atoms with Crippen LogP contribution in [0.5, 0.6) is 0 Å². The Hall–Kier alpha value is -1.59. The van der Waals surface area contributed by atoms with Crippen molar-refractivity contribution >= 4 is 17.9 Å². The van der Waals surface area contributed by atoms with Gasteiger partial charge in [0, 0.05) is 25.7 Å². The summed E-state index contributed by atoms with van der Waals surface area (Å²) in [6, 6.07) is 0. The summed E-state index contributed by atoms with van der Waals surface area (Å²) >= 11 is 0. The van der Waals surface area contributed by atoms with Gasteiger partial charge in [0.25, 0.3) is 0 Å². The zero-order chi connectivity index (χ0) is 23.3. The minimum atomic E-state index is -0.848. The highest BCUT2D eigenvalue weighted by atomic mass is 16.6. The Labute approximate surface area is 188 Å². The molecule has 0 bridgehead atoms. The van der Waals surface area contributed by atoms with Crippen LogP contribution in [0.1, 0.15) is 118 Å². The molecule has 0 aromatic rings. The lowest BCUT2D eigenvalue weighted by Crippen LogP contribution is -2.54. The lowest BCUT2D eigenvalue weighted by molar-refractivity contribution is -0.207. The Morgan fingerprint density at radius 3 is 2.06 bits per heavy atom. The topological polar surface area (TPSA) is 78.9 Å². The third-order valence-corrected chi connectivity index (χ3v) is 6.26. The molecule has 0 aromatic heterocycles. The van der Waals surface area contributed by atoms with Crippen LogP contribution in [0.4, 0.5) is 0 Å². The summed E-state index contributed by atoms with van der Waals surface area (Å²) in [5.41, 5.74) is -0.848. The average Bonchev–Trinajstić information content (AvgIpc) is 2.76. The molecule has 0 radical (unpaired) electrons. The highest BCUT2D eigenvalue weighted by Gasteiger charge is 2.50. The van der Waals surface area contributed by atoms with Gasteiger partial charge in [0.2, 0.25) is 0 Å². The smallest absolute Gasteiger partial charge is 0.306 e. The predicted octanol–water partition coefficient (Wildman–Crippen LogP) is 5.89. The van der Waals surface area contributed by atoms with E-state index in [1.165, 1.54) is 6.42 Å². The van der Waals surface area contributed by atoms with Crippen LogP contribution in [0.2, 0.25) is 0 Å². The zero-order valence-corrected chi connectivity index (χ0v) is 20.4. The lowest BCUT2D eigenvalue weighted by atomic mass is 9.73. The van der Waals surface area contributed by atoms with Crippen LogP contribution in [-0.4, -0.2) is 35.7 Å². The van der Waals surface area contributed by atoms with E-state index in [9.17, 15) is 14.4 Å². The maximum Gasteiger partial charge on any atom is 0.306 e. The van der Waals surface area contributed by atoms with Gasteiger partial charge in [-0.3, -0.25) is 14.4 Å². The molecule has 0 spiro atoms. The Kier molecular flexibility index (Phi) is 12.8. The van der Waals surface area contributed by atoms with E-state index in [-0.39, 0.29) is 36.9 Å². The first-order valence-corrected chi connectivity index (χ1v) is 12.4. The van der Waals surface area contributed by atoms with Crippen molar-refractivity contribution in [3.8, 4) is 0 Å². The molecule has 0 saturated heterocycles. The van der Waals surface area contributed by atoms with E-state index in [1.807, 2.05) is 0 Å². The van der Waals surface area contributed by atoms with Gasteiger partial charge in [-0.15, -0.1) is 0 Å². The molecule has 0 aliphatic heterocycles. The van der Waals surface area contributed by atoms with Crippen molar-refractivity contribution in [2.24, 2.45) is 5.92 Å². The second kappa shape index (κ2) is 14.5. The first-order chi connectivity index (χ1) is 14.8. The predicted molar refractivity (Wildman–Crippen MR) is 120 cm³/mol. The van der Waals surface area contributed by atoms with Gasteiger partial charge in [0.05, 0.1) is 0 Å². The summed E-state index contributed by atoms with van der Waals surface area (Å²) in [6.45, 7) is 9.66. The molecule has 4 unspecified atom stereocenters. The maximum absolute atomic E-state index is 12.4. The quantitative estimate of drug-likeness (QED) is 0.190. The zero-order valence-electron chi connectivity index (χ0n) is 20.4. The lowest BCUT2D eigenvalue weighted by Gasteiger charge is -2.46. The van der Waals surface area contributed by atoms with Crippen LogP contribution >= 0.6 is 0 Å². The summed E-state index contributed by atoms with van der Waals surface area (Å²) < 4.78 is 17.5. The number of unbranched alkanes of at least 4 members (excludes halogenated alkanes) is 2. The van der Waals surface area contributed by atoms with Gasteiger partial charge in [-0.05, 0) is 25.2 Å². The molecule has 6 heteroatoms. The number of rotatable bonds is 14. The fourth-order valence-corrected chi connectivity index (χ4v) is 4.53. The molecular weight excluding hydrogens is 396 g/mol. The molecule has 1 rings (SSSR count). The van der Waals surface area contributed by atoms with Crippen molar-refractivity contribution in [1.29, 1.82) is 0 Å². The van der Waals surface area contributed by atoms with E-state index in [2.05, 4.69) is 13.8 Å². The van der Waals surface area contributed by atoms with Gasteiger partial charge < -0.3 is 14.2 Å². The third-order valence-electron chi connectivity index (χ3n) is 6.26.